The van der Waals surface area contributed by atoms with Crippen molar-refractivity contribution >= 4 is 23.4 Å². The molecule has 142 valence electrons. The van der Waals surface area contributed by atoms with E-state index in [4.69, 9.17) is 26.8 Å². The lowest BCUT2D eigenvalue weighted by atomic mass is 10.1. The summed E-state index contributed by atoms with van der Waals surface area (Å²) in [6.45, 7) is 1.09. The Bertz CT molecular complexity index is 785. The standard InChI is InChI=1S/C20H21ClN2O4/c21-15-3-7-17(8-4-15)27-18-9-11-23(12-10-18)20(25)14-1-5-16(6-2-14)26-13-19(22)24/h1-8,18H,9-13H2,(H2,22,24). The Balaban J connectivity index is 1.50. The number of carbonyl (C=O) groups excluding carboxylic acids is 2. The van der Waals surface area contributed by atoms with Gasteiger partial charge < -0.3 is 20.1 Å². The number of rotatable bonds is 6. The van der Waals surface area contributed by atoms with Gasteiger partial charge >= 0.3 is 0 Å². The van der Waals surface area contributed by atoms with Crippen molar-refractivity contribution in [1.29, 1.82) is 0 Å². The number of hydrogen-bond donors (Lipinski definition) is 1. The number of halogens is 1. The normalized spacial score (nSPS) is 14.6. The molecule has 0 aliphatic carbocycles. The maximum Gasteiger partial charge on any atom is 0.255 e. The van der Waals surface area contributed by atoms with Crippen LogP contribution in [0.3, 0.4) is 0 Å². The van der Waals surface area contributed by atoms with Crippen LogP contribution in [0, 0.1) is 0 Å². The number of amides is 2. The van der Waals surface area contributed by atoms with Crippen molar-refractivity contribution < 1.29 is 19.1 Å². The Morgan fingerprint density at radius 2 is 1.59 bits per heavy atom. The fourth-order valence-electron chi connectivity index (χ4n) is 2.91. The predicted molar refractivity (Wildman–Crippen MR) is 102 cm³/mol. The molecule has 2 amide bonds. The first-order valence-electron chi connectivity index (χ1n) is 8.74. The minimum absolute atomic E-state index is 0.0265. The fourth-order valence-corrected chi connectivity index (χ4v) is 3.04. The number of likely N-dealkylation sites (tertiary alicyclic amines) is 1. The van der Waals surface area contributed by atoms with E-state index >= 15 is 0 Å². The topological polar surface area (TPSA) is 81.9 Å². The maximum atomic E-state index is 12.6. The highest BCUT2D eigenvalue weighted by Gasteiger charge is 2.24. The van der Waals surface area contributed by atoms with Gasteiger partial charge in [0.15, 0.2) is 6.61 Å². The van der Waals surface area contributed by atoms with Crippen molar-refractivity contribution in [3.63, 3.8) is 0 Å². The molecule has 27 heavy (non-hydrogen) atoms. The van der Waals surface area contributed by atoms with Crippen LogP contribution in [0.4, 0.5) is 0 Å². The van der Waals surface area contributed by atoms with Crippen molar-refractivity contribution in [1.82, 2.24) is 4.90 Å². The molecule has 0 saturated carbocycles. The van der Waals surface area contributed by atoms with Gasteiger partial charge in [-0.05, 0) is 48.5 Å². The number of nitrogens with zero attached hydrogens (tertiary/aromatic N) is 1. The second-order valence-electron chi connectivity index (χ2n) is 6.34. The van der Waals surface area contributed by atoms with Crippen molar-refractivity contribution in [2.45, 2.75) is 18.9 Å². The molecule has 3 rings (SSSR count). The quantitative estimate of drug-likeness (QED) is 0.824. The van der Waals surface area contributed by atoms with E-state index in [-0.39, 0.29) is 18.6 Å². The molecule has 6 nitrogen and oxygen atoms in total. The van der Waals surface area contributed by atoms with Crippen LogP contribution in [0.15, 0.2) is 48.5 Å². The highest BCUT2D eigenvalue weighted by Crippen LogP contribution is 2.22. The Morgan fingerprint density at radius 3 is 2.19 bits per heavy atom. The molecule has 1 fully saturated rings. The van der Waals surface area contributed by atoms with E-state index < -0.39 is 5.91 Å². The summed E-state index contributed by atoms with van der Waals surface area (Å²) in [5.74, 6) is 0.719. The summed E-state index contributed by atoms with van der Waals surface area (Å²) in [7, 11) is 0. The van der Waals surface area contributed by atoms with Crippen LogP contribution in [-0.2, 0) is 4.79 Å². The molecular weight excluding hydrogens is 368 g/mol. The second-order valence-corrected chi connectivity index (χ2v) is 6.78. The van der Waals surface area contributed by atoms with E-state index in [1.807, 2.05) is 17.0 Å². The molecule has 0 aromatic heterocycles. The second kappa shape index (κ2) is 8.77. The molecule has 0 atom stereocenters. The molecule has 7 heteroatoms. The Kier molecular flexibility index (Phi) is 6.19. The maximum absolute atomic E-state index is 12.6. The van der Waals surface area contributed by atoms with Crippen molar-refractivity contribution in [3.8, 4) is 11.5 Å². The van der Waals surface area contributed by atoms with Gasteiger partial charge in [-0.25, -0.2) is 0 Å². The average molecular weight is 389 g/mol. The summed E-state index contributed by atoms with van der Waals surface area (Å²) in [5, 5.41) is 0.675. The first-order valence-corrected chi connectivity index (χ1v) is 9.12. The molecule has 0 unspecified atom stereocenters. The van der Waals surface area contributed by atoms with Gasteiger partial charge in [-0.1, -0.05) is 11.6 Å². The highest BCUT2D eigenvalue weighted by molar-refractivity contribution is 6.30. The smallest absolute Gasteiger partial charge is 0.255 e. The van der Waals surface area contributed by atoms with Gasteiger partial charge in [0.05, 0.1) is 0 Å². The van der Waals surface area contributed by atoms with Gasteiger partial charge in [0.1, 0.15) is 17.6 Å². The molecule has 2 aromatic carbocycles. The zero-order valence-corrected chi connectivity index (χ0v) is 15.5. The lowest BCUT2D eigenvalue weighted by Crippen LogP contribution is -2.41. The average Bonchev–Trinajstić information content (AvgIpc) is 2.68. The molecule has 2 N–H and O–H groups in total. The molecule has 0 radical (unpaired) electrons. The summed E-state index contributed by atoms with van der Waals surface area (Å²) in [4.78, 5) is 25.2. The van der Waals surface area contributed by atoms with Crippen LogP contribution < -0.4 is 15.2 Å². The third-order valence-electron chi connectivity index (χ3n) is 4.33. The van der Waals surface area contributed by atoms with Crippen LogP contribution in [-0.4, -0.2) is 42.5 Å². The Labute approximate surface area is 162 Å². The molecule has 0 bridgehead atoms. The molecule has 1 saturated heterocycles. The van der Waals surface area contributed by atoms with Crippen LogP contribution in [0.1, 0.15) is 23.2 Å². The summed E-state index contributed by atoms with van der Waals surface area (Å²) in [6, 6.07) is 14.0. The van der Waals surface area contributed by atoms with Gasteiger partial charge in [0.25, 0.3) is 11.8 Å². The number of nitrogens with two attached hydrogens (primary N) is 1. The van der Waals surface area contributed by atoms with Crippen LogP contribution >= 0.6 is 11.6 Å². The van der Waals surface area contributed by atoms with Crippen molar-refractivity contribution in [3.05, 3.63) is 59.1 Å². The van der Waals surface area contributed by atoms with Crippen molar-refractivity contribution in [2.24, 2.45) is 5.73 Å². The zero-order chi connectivity index (χ0) is 19.2. The lowest BCUT2D eigenvalue weighted by molar-refractivity contribution is -0.119. The van der Waals surface area contributed by atoms with Gasteiger partial charge in [-0.2, -0.15) is 0 Å². The van der Waals surface area contributed by atoms with E-state index in [1.54, 1.807) is 36.4 Å². The number of benzene rings is 2. The first-order chi connectivity index (χ1) is 13.0. The Morgan fingerprint density at radius 1 is 1.00 bits per heavy atom. The molecule has 0 spiro atoms. The van der Waals surface area contributed by atoms with Gasteiger partial charge in [-0.3, -0.25) is 9.59 Å². The largest absolute Gasteiger partial charge is 0.490 e. The van der Waals surface area contributed by atoms with Crippen LogP contribution in [0.5, 0.6) is 11.5 Å². The van der Waals surface area contributed by atoms with Gasteiger partial charge in [0.2, 0.25) is 0 Å². The predicted octanol–water partition coefficient (Wildman–Crippen LogP) is 2.89. The van der Waals surface area contributed by atoms with Gasteiger partial charge in [-0.15, -0.1) is 0 Å². The summed E-state index contributed by atoms with van der Waals surface area (Å²) < 4.78 is 11.2. The third kappa shape index (κ3) is 5.37. The molecule has 2 aromatic rings. The van der Waals surface area contributed by atoms with E-state index in [2.05, 4.69) is 0 Å². The molecular formula is C20H21ClN2O4. The number of ether oxygens (including phenoxy) is 2. The molecule has 1 aliphatic heterocycles. The minimum Gasteiger partial charge on any atom is -0.490 e. The number of carbonyl (C=O) groups is 2. The van der Waals surface area contributed by atoms with E-state index in [0.29, 0.717) is 29.4 Å². The fraction of sp³-hybridized carbons (Fsp3) is 0.300. The third-order valence-corrected chi connectivity index (χ3v) is 4.58. The van der Waals surface area contributed by atoms with E-state index in [0.717, 1.165) is 18.6 Å². The number of hydrogen-bond acceptors (Lipinski definition) is 4. The molecule has 1 aliphatic rings. The summed E-state index contributed by atoms with van der Waals surface area (Å²) >= 11 is 5.88. The van der Waals surface area contributed by atoms with Crippen LogP contribution in [0.25, 0.3) is 0 Å². The lowest BCUT2D eigenvalue weighted by Gasteiger charge is -2.32. The minimum atomic E-state index is -0.543. The number of primary amides is 1. The zero-order valence-electron chi connectivity index (χ0n) is 14.8. The van der Waals surface area contributed by atoms with Crippen molar-refractivity contribution in [2.75, 3.05) is 19.7 Å². The van der Waals surface area contributed by atoms with E-state index in [9.17, 15) is 9.59 Å². The summed E-state index contributed by atoms with van der Waals surface area (Å²) in [6.07, 6.45) is 1.63. The van der Waals surface area contributed by atoms with E-state index in [1.165, 1.54) is 0 Å². The molecule has 1 heterocycles. The monoisotopic (exact) mass is 388 g/mol. The first kappa shape index (κ1) is 19.0. The van der Waals surface area contributed by atoms with Crippen LogP contribution in [0.2, 0.25) is 5.02 Å². The number of piperidine rings is 1. The highest BCUT2D eigenvalue weighted by atomic mass is 35.5. The SMILES string of the molecule is NC(=O)COc1ccc(C(=O)N2CCC(Oc3ccc(Cl)cc3)CC2)cc1. The summed E-state index contributed by atoms with van der Waals surface area (Å²) in [5.41, 5.74) is 5.62. The Hall–Kier alpha value is -2.73. The van der Waals surface area contributed by atoms with Gasteiger partial charge in [0, 0.05) is 36.5 Å².